The van der Waals surface area contributed by atoms with Crippen molar-refractivity contribution in [1.82, 2.24) is 0 Å². The van der Waals surface area contributed by atoms with Crippen LogP contribution in [0.5, 0.6) is 0 Å². The molecule has 0 aromatic carbocycles. The molecule has 4 heterocycles. The van der Waals surface area contributed by atoms with Gasteiger partial charge in [-0.25, -0.2) is 0 Å². The van der Waals surface area contributed by atoms with Crippen LogP contribution in [0.1, 0.15) is 152 Å². The minimum Gasteiger partial charge on any atom is -0.464 e. The quantitative estimate of drug-likeness (QED) is 0.0226. The Balaban J connectivity index is 0.000000693. The summed E-state index contributed by atoms with van der Waals surface area (Å²) in [5.74, 6) is -14.7. The number of aliphatic hydroxyl groups excluding tert-OH is 8. The average Bonchev–Trinajstić information content (AvgIpc) is 0.818. The fourth-order valence-corrected chi connectivity index (χ4v) is 10.5. The van der Waals surface area contributed by atoms with E-state index in [2.05, 4.69) is 11.8 Å². The highest BCUT2D eigenvalue weighted by molar-refractivity contribution is 5.87. The van der Waals surface area contributed by atoms with Gasteiger partial charge in [0.1, 0.15) is 155 Å². The third-order valence-electron chi connectivity index (χ3n) is 22.4. The molecule has 44 nitrogen and oxygen atoms in total. The predicted octanol–water partition coefficient (Wildman–Crippen LogP) is 0.00220. The van der Waals surface area contributed by atoms with Crippen molar-refractivity contribution in [2.45, 2.75) is 175 Å². The summed E-state index contributed by atoms with van der Waals surface area (Å²) >= 11 is 0. The molecule has 0 spiro atoms. The Hall–Kier alpha value is -8.94. The molecule has 44 heteroatoms. The van der Waals surface area contributed by atoms with E-state index >= 15 is 0 Å². The summed E-state index contributed by atoms with van der Waals surface area (Å²) in [5.41, 5.74) is -24.8. The van der Waals surface area contributed by atoms with Gasteiger partial charge in [-0.2, -0.15) is 0 Å². The van der Waals surface area contributed by atoms with Gasteiger partial charge in [0.2, 0.25) is 0 Å². The molecule has 4 aliphatic heterocycles. The first kappa shape index (κ1) is 117. The first-order valence-electron chi connectivity index (χ1n) is 41.9. The van der Waals surface area contributed by atoms with Crippen LogP contribution in [0.4, 0.5) is 0 Å². The van der Waals surface area contributed by atoms with Crippen LogP contribution < -0.4 is 0 Å². The summed E-state index contributed by atoms with van der Waals surface area (Å²) in [7, 11) is 0. The van der Waals surface area contributed by atoms with Crippen LogP contribution in [0.15, 0.2) is 0 Å². The molecule has 132 heavy (non-hydrogen) atoms. The molecule has 4 rings (SSSR count). The van der Waals surface area contributed by atoms with Gasteiger partial charge in [0.05, 0.1) is 106 Å². The van der Waals surface area contributed by atoms with E-state index in [9.17, 15) is 108 Å². The molecule has 4 fully saturated rings. The van der Waals surface area contributed by atoms with Crippen LogP contribution in [-0.4, -0.2) is 346 Å². The van der Waals surface area contributed by atoms with Crippen molar-refractivity contribution in [2.75, 3.05) is 198 Å². The zero-order valence-corrected chi connectivity index (χ0v) is 79.6. The molecule has 0 aromatic heterocycles. The predicted molar refractivity (Wildman–Crippen MR) is 445 cm³/mol. The fraction of sp³-hybridized carbons (Fsp3) is 0.795. The SMILES string of the molecule is C#CCOC(=O)C(C)(COC(=O)C(C)(COC(=O)C(C)(CO)CO)COC(=O)C(C)(CO)CO)COC(=O)C(C)(COC(=O)C(C)(CO)CO)COC(=O)C(C)(CO)CO.C#CCOC(=O)C(C)(COC(=O)C(C)(COC(=O)C1(C)COC(C)(C)OC1)COC(=O)C1(C)COC(C)(C)OC1)COC(=O)C(C)(COC(=O)C1(C)COC(C)(C)OC1)COC(=O)C1(C)COC(C)(C)OC1. The second-order valence-electron chi connectivity index (χ2n) is 39.5. The number of aliphatic hydroxyl groups is 8. The Morgan fingerprint density at radius 2 is 0.333 bits per heavy atom. The number of hydrogen-bond acceptors (Lipinski definition) is 44. The smallest absolute Gasteiger partial charge is 0.319 e. The van der Waals surface area contributed by atoms with Crippen molar-refractivity contribution in [3.63, 3.8) is 0 Å². The normalized spacial score (nSPS) is 18.1. The topological polar surface area (TPSA) is 604 Å². The minimum atomic E-state index is -2.14. The van der Waals surface area contributed by atoms with Gasteiger partial charge in [-0.1, -0.05) is 11.8 Å². The molecule has 4 aliphatic rings. The molecule has 0 unspecified atom stereocenters. The van der Waals surface area contributed by atoms with Gasteiger partial charge in [0.15, 0.2) is 36.4 Å². The maximum atomic E-state index is 14.3. The van der Waals surface area contributed by atoms with Crippen molar-refractivity contribution in [1.29, 1.82) is 0 Å². The molecular formula is C88H136O44. The fourth-order valence-electron chi connectivity index (χ4n) is 10.5. The third-order valence-corrected chi connectivity index (χ3v) is 22.4. The summed E-state index contributed by atoms with van der Waals surface area (Å²) in [5, 5.41) is 76.9. The third kappa shape index (κ3) is 31.6. The molecular weight excluding hydrogens is 1760 g/mol. The molecule has 0 aromatic rings. The van der Waals surface area contributed by atoms with E-state index in [0.29, 0.717) is 0 Å². The molecule has 0 aliphatic carbocycles. The van der Waals surface area contributed by atoms with Crippen LogP contribution >= 0.6 is 0 Å². The Bertz CT molecular complexity index is 3650. The maximum absolute atomic E-state index is 14.3. The molecule has 0 radical (unpaired) electrons. The van der Waals surface area contributed by atoms with Crippen LogP contribution in [0.3, 0.4) is 0 Å². The Labute approximate surface area is 767 Å². The monoisotopic (exact) mass is 1900 g/mol. The first-order valence-corrected chi connectivity index (χ1v) is 41.9. The molecule has 0 amide bonds. The van der Waals surface area contributed by atoms with E-state index < -0.39 is 328 Å². The van der Waals surface area contributed by atoms with Gasteiger partial charge in [-0.15, -0.1) is 12.8 Å². The van der Waals surface area contributed by atoms with Crippen molar-refractivity contribution in [3.8, 4) is 24.7 Å². The summed E-state index contributed by atoms with van der Waals surface area (Å²) in [6, 6.07) is 0. The van der Waals surface area contributed by atoms with E-state index in [4.69, 9.17) is 117 Å². The summed E-state index contributed by atoms with van der Waals surface area (Å²) in [4.78, 5) is 188. The molecule has 4 saturated heterocycles. The van der Waals surface area contributed by atoms with E-state index in [1.54, 1.807) is 83.1 Å². The van der Waals surface area contributed by atoms with Crippen LogP contribution in [0.25, 0.3) is 0 Å². The molecule has 0 saturated carbocycles. The lowest BCUT2D eigenvalue weighted by Crippen LogP contribution is -2.52. The number of terminal acetylenes is 2. The van der Waals surface area contributed by atoms with Gasteiger partial charge in [-0.05, 0) is 152 Å². The van der Waals surface area contributed by atoms with Crippen LogP contribution in [0, 0.1) is 100 Å². The highest BCUT2D eigenvalue weighted by Crippen LogP contribution is 2.40. The second-order valence-corrected chi connectivity index (χ2v) is 39.5. The number of carbonyl (C=O) groups excluding carboxylic acids is 14. The van der Waals surface area contributed by atoms with Crippen LogP contribution in [0.2, 0.25) is 0 Å². The second kappa shape index (κ2) is 47.0. The number of esters is 14. The highest BCUT2D eigenvalue weighted by atomic mass is 16.7. The molecule has 0 atom stereocenters. The number of rotatable bonds is 48. The summed E-state index contributed by atoms with van der Waals surface area (Å²) in [6.45, 7) is 12.6. The average molecular weight is 1900 g/mol. The Morgan fingerprint density at radius 1 is 0.220 bits per heavy atom. The summed E-state index contributed by atoms with van der Waals surface area (Å²) in [6.07, 6.45) is 10.6. The zero-order valence-electron chi connectivity index (χ0n) is 79.6. The Morgan fingerprint density at radius 3 is 0.455 bits per heavy atom. The van der Waals surface area contributed by atoms with Gasteiger partial charge in [0, 0.05) is 0 Å². The van der Waals surface area contributed by atoms with E-state index in [1.807, 2.05) is 0 Å². The van der Waals surface area contributed by atoms with E-state index in [1.165, 1.54) is 20.8 Å². The summed E-state index contributed by atoms with van der Waals surface area (Å²) < 4.78 is 122. The van der Waals surface area contributed by atoms with Gasteiger partial charge in [-0.3, -0.25) is 67.1 Å². The lowest BCUT2D eigenvalue weighted by molar-refractivity contribution is -0.283. The van der Waals surface area contributed by atoms with E-state index in [-0.39, 0.29) is 52.9 Å². The lowest BCUT2D eigenvalue weighted by atomic mass is 9.89. The van der Waals surface area contributed by atoms with Gasteiger partial charge in [0.25, 0.3) is 0 Å². The highest BCUT2D eigenvalue weighted by Gasteiger charge is 2.55. The molecule has 0 bridgehead atoms. The minimum absolute atomic E-state index is 0.0754. The number of hydrogen-bond donors (Lipinski definition) is 8. The first-order chi connectivity index (χ1) is 60.6. The van der Waals surface area contributed by atoms with Gasteiger partial charge >= 0.3 is 83.6 Å². The zero-order chi connectivity index (χ0) is 101. The van der Waals surface area contributed by atoms with Gasteiger partial charge < -0.3 is 145 Å². The van der Waals surface area contributed by atoms with Crippen molar-refractivity contribution < 1.29 is 212 Å². The lowest BCUT2D eigenvalue weighted by Gasteiger charge is -2.41. The van der Waals surface area contributed by atoms with E-state index in [0.717, 1.165) is 48.5 Å². The van der Waals surface area contributed by atoms with Crippen molar-refractivity contribution in [3.05, 3.63) is 0 Å². The maximum Gasteiger partial charge on any atom is 0.319 e. The number of ether oxygens (including phenoxy) is 22. The Kier molecular flexibility index (Phi) is 41.8. The number of carbonyl (C=O) groups is 14. The van der Waals surface area contributed by atoms with Crippen LogP contribution in [-0.2, 0) is 171 Å². The van der Waals surface area contributed by atoms with Crippen molar-refractivity contribution >= 4 is 83.6 Å². The molecule has 752 valence electrons. The molecule has 8 N–H and O–H groups in total. The standard InChI is InChI=1S/C50H76O22.C38H60O22/c1-17-18-58-33(51)44(10,19-59-34(52)45(11,21-61-36(54)47(13)25-65-40(2,3)66-26-47)22-62-37(55)48(14)27-67-41(4,5)68-28-48)20-60-35(53)46(12,23-63-38(56)49(15)29-69-42(6,7)70-30-49)24-64-39(57)50(16)31-71-43(8,9)72-32-50;1-9-10-54-29(51)36(6,19-59-30(52)37(7,21-55-25(47)32(2,11-39)12-40)22-56-26(48)33(3,13-41)14-42)20-60-31(53)38(8,23-57-27(49)34(4,15-43)16-44)24-58-28(50)35(5,17-45)18-46/h1H,18-32H2,2-16H3;1,39-46H,10-24H2,2-8H3. The largest absolute Gasteiger partial charge is 0.464 e. The van der Waals surface area contributed by atoms with Crippen molar-refractivity contribution in [2.24, 2.45) is 75.8 Å².